The first-order valence-electron chi connectivity index (χ1n) is 8.84. The molecule has 0 saturated heterocycles. The lowest BCUT2D eigenvalue weighted by Crippen LogP contribution is -2.16. The van der Waals surface area contributed by atoms with Gasteiger partial charge in [-0.3, -0.25) is 9.59 Å². The van der Waals surface area contributed by atoms with E-state index in [0.29, 0.717) is 23.1 Å². The molecule has 0 unspecified atom stereocenters. The second-order valence-electron chi connectivity index (χ2n) is 6.66. The van der Waals surface area contributed by atoms with Gasteiger partial charge in [0.05, 0.1) is 5.39 Å². The highest BCUT2D eigenvalue weighted by Crippen LogP contribution is 2.17. The number of allylic oxidation sites excluding steroid dienone is 1. The van der Waals surface area contributed by atoms with Crippen LogP contribution in [0.2, 0.25) is 0 Å². The largest absolute Gasteiger partial charge is 0.451 e. The van der Waals surface area contributed by atoms with Gasteiger partial charge >= 0.3 is 5.97 Å². The summed E-state index contributed by atoms with van der Waals surface area (Å²) in [6.07, 6.45) is 1.75. The number of hydrogen-bond acceptors (Lipinski definition) is 5. The molecule has 28 heavy (non-hydrogen) atoms. The van der Waals surface area contributed by atoms with Crippen molar-refractivity contribution < 1.29 is 18.7 Å². The summed E-state index contributed by atoms with van der Waals surface area (Å²) in [4.78, 5) is 37.0. The van der Waals surface area contributed by atoms with Crippen LogP contribution in [0.1, 0.15) is 37.9 Å². The number of nitrogens with zero attached hydrogens (tertiary/aromatic N) is 1. The lowest BCUT2D eigenvalue weighted by Gasteiger charge is -2.07. The Morgan fingerprint density at radius 3 is 2.64 bits per heavy atom. The molecule has 2 heterocycles. The van der Waals surface area contributed by atoms with Crippen LogP contribution in [0.5, 0.6) is 0 Å². The second kappa shape index (κ2) is 7.68. The van der Waals surface area contributed by atoms with Crippen LogP contribution in [0, 0.1) is 20.8 Å². The van der Waals surface area contributed by atoms with Crippen molar-refractivity contribution in [2.45, 2.75) is 27.3 Å². The van der Waals surface area contributed by atoms with Crippen molar-refractivity contribution >= 4 is 22.7 Å². The predicted octanol–water partition coefficient (Wildman–Crippen LogP) is 3.75. The minimum atomic E-state index is -0.854. The molecule has 3 aromatic rings. The van der Waals surface area contributed by atoms with Crippen LogP contribution >= 0.6 is 0 Å². The Labute approximate surface area is 162 Å². The summed E-state index contributed by atoms with van der Waals surface area (Å²) >= 11 is 0. The maximum absolute atomic E-state index is 12.5. The first-order valence-corrected chi connectivity index (χ1v) is 8.84. The molecule has 6 heteroatoms. The SMILES string of the molecule is C=CCn1c(C)cc(C(=O)COC(=O)c2cc(=O)c3cc(C)ccc3o2)c1C. The van der Waals surface area contributed by atoms with Gasteiger partial charge in [0.25, 0.3) is 0 Å². The molecule has 0 bridgehead atoms. The number of esters is 1. The van der Waals surface area contributed by atoms with Crippen molar-refractivity contribution in [1.29, 1.82) is 0 Å². The molecule has 6 nitrogen and oxygen atoms in total. The molecular formula is C22H21NO5. The van der Waals surface area contributed by atoms with Gasteiger partial charge in [-0.25, -0.2) is 4.79 Å². The van der Waals surface area contributed by atoms with Gasteiger partial charge in [0.1, 0.15) is 5.58 Å². The zero-order valence-corrected chi connectivity index (χ0v) is 16.1. The molecule has 0 spiro atoms. The van der Waals surface area contributed by atoms with E-state index in [4.69, 9.17) is 9.15 Å². The molecular weight excluding hydrogens is 358 g/mol. The Hall–Kier alpha value is -3.41. The molecule has 0 aliphatic rings. The fraction of sp³-hybridized carbons (Fsp3) is 0.227. The number of Topliss-reactive ketones (excluding diaryl/α,β-unsaturated/α-hetero) is 1. The molecule has 0 N–H and O–H groups in total. The molecule has 0 radical (unpaired) electrons. The van der Waals surface area contributed by atoms with E-state index in [0.717, 1.165) is 23.0 Å². The highest BCUT2D eigenvalue weighted by Gasteiger charge is 2.19. The Kier molecular flexibility index (Phi) is 5.31. The Balaban J connectivity index is 1.77. The van der Waals surface area contributed by atoms with E-state index in [1.807, 2.05) is 25.3 Å². The average molecular weight is 379 g/mol. The first kappa shape index (κ1) is 19.4. The van der Waals surface area contributed by atoms with E-state index in [1.165, 1.54) is 0 Å². The highest BCUT2D eigenvalue weighted by molar-refractivity contribution is 6.00. The highest BCUT2D eigenvalue weighted by atomic mass is 16.5. The van der Waals surface area contributed by atoms with E-state index in [9.17, 15) is 14.4 Å². The Morgan fingerprint density at radius 2 is 1.93 bits per heavy atom. The number of fused-ring (bicyclic) bond motifs is 1. The fourth-order valence-corrected chi connectivity index (χ4v) is 3.14. The summed E-state index contributed by atoms with van der Waals surface area (Å²) in [7, 11) is 0. The minimum Gasteiger partial charge on any atom is -0.451 e. The standard InChI is InChI=1S/C22H21NO5/c1-5-8-23-14(3)10-16(15(23)4)19(25)12-27-22(26)21-11-18(24)17-9-13(2)6-7-20(17)28-21/h5-7,9-11H,1,8,12H2,2-4H3. The zero-order valence-electron chi connectivity index (χ0n) is 16.1. The molecule has 0 fully saturated rings. The predicted molar refractivity (Wildman–Crippen MR) is 106 cm³/mol. The molecule has 1 aromatic carbocycles. The summed E-state index contributed by atoms with van der Waals surface area (Å²) in [5.74, 6) is -1.41. The average Bonchev–Trinajstić information content (AvgIpc) is 2.95. The van der Waals surface area contributed by atoms with Gasteiger partial charge in [0.15, 0.2) is 12.0 Å². The molecule has 0 atom stereocenters. The third kappa shape index (κ3) is 3.67. The lowest BCUT2D eigenvalue weighted by atomic mass is 10.1. The number of benzene rings is 1. The second-order valence-corrected chi connectivity index (χ2v) is 6.66. The smallest absolute Gasteiger partial charge is 0.374 e. The number of aromatic nitrogens is 1. The van der Waals surface area contributed by atoms with Crippen LogP contribution in [0.15, 0.2) is 52.2 Å². The summed E-state index contributed by atoms with van der Waals surface area (Å²) in [6.45, 7) is 9.44. The van der Waals surface area contributed by atoms with Crippen LogP contribution in [0.25, 0.3) is 11.0 Å². The normalized spacial score (nSPS) is 10.8. The van der Waals surface area contributed by atoms with Gasteiger partial charge in [0.2, 0.25) is 11.5 Å². The molecule has 0 aliphatic carbocycles. The van der Waals surface area contributed by atoms with Crippen molar-refractivity contribution in [1.82, 2.24) is 4.57 Å². The Morgan fingerprint density at radius 1 is 1.18 bits per heavy atom. The van der Waals surface area contributed by atoms with Gasteiger partial charge in [-0.1, -0.05) is 17.7 Å². The number of ether oxygens (including phenoxy) is 1. The third-order valence-electron chi connectivity index (χ3n) is 4.60. The Bertz CT molecular complexity index is 1150. The van der Waals surface area contributed by atoms with Gasteiger partial charge in [-0.15, -0.1) is 6.58 Å². The van der Waals surface area contributed by atoms with Crippen molar-refractivity contribution in [2.75, 3.05) is 6.61 Å². The van der Waals surface area contributed by atoms with Gasteiger partial charge in [0, 0.05) is 29.6 Å². The maximum atomic E-state index is 12.5. The van der Waals surface area contributed by atoms with Crippen LogP contribution in [-0.2, 0) is 11.3 Å². The molecule has 0 aliphatic heterocycles. The van der Waals surface area contributed by atoms with Crippen molar-refractivity contribution in [2.24, 2.45) is 0 Å². The number of carbonyl (C=O) groups excluding carboxylic acids is 2. The molecule has 0 saturated carbocycles. The monoisotopic (exact) mass is 379 g/mol. The molecule has 2 aromatic heterocycles. The van der Waals surface area contributed by atoms with E-state index < -0.39 is 12.6 Å². The topological polar surface area (TPSA) is 78.5 Å². The zero-order chi connectivity index (χ0) is 20.4. The molecule has 144 valence electrons. The molecule has 0 amide bonds. The number of aryl methyl sites for hydroxylation is 2. The van der Waals surface area contributed by atoms with E-state index in [2.05, 4.69) is 6.58 Å². The third-order valence-corrected chi connectivity index (χ3v) is 4.60. The van der Waals surface area contributed by atoms with E-state index in [1.54, 1.807) is 30.3 Å². The van der Waals surface area contributed by atoms with Crippen LogP contribution < -0.4 is 5.43 Å². The van der Waals surface area contributed by atoms with Crippen molar-refractivity contribution in [3.05, 3.63) is 81.5 Å². The van der Waals surface area contributed by atoms with Crippen LogP contribution in [0.3, 0.4) is 0 Å². The molecule has 3 rings (SSSR count). The lowest BCUT2D eigenvalue weighted by molar-refractivity contribution is 0.0444. The summed E-state index contributed by atoms with van der Waals surface area (Å²) in [5, 5.41) is 0.391. The van der Waals surface area contributed by atoms with E-state index >= 15 is 0 Å². The van der Waals surface area contributed by atoms with Gasteiger partial charge in [-0.2, -0.15) is 0 Å². The quantitative estimate of drug-likeness (QED) is 0.370. The van der Waals surface area contributed by atoms with Gasteiger partial charge in [-0.05, 0) is 39.0 Å². The number of rotatable bonds is 6. The van der Waals surface area contributed by atoms with Crippen LogP contribution in [0.4, 0.5) is 0 Å². The summed E-state index contributed by atoms with van der Waals surface area (Å²) in [6, 6.07) is 7.95. The van der Waals surface area contributed by atoms with Gasteiger partial charge < -0.3 is 13.7 Å². The van der Waals surface area contributed by atoms with Crippen molar-refractivity contribution in [3.8, 4) is 0 Å². The van der Waals surface area contributed by atoms with Crippen LogP contribution in [-0.4, -0.2) is 22.9 Å². The van der Waals surface area contributed by atoms with E-state index in [-0.39, 0.29) is 17.0 Å². The fourth-order valence-electron chi connectivity index (χ4n) is 3.14. The summed E-state index contributed by atoms with van der Waals surface area (Å²) < 4.78 is 12.5. The number of ketones is 1. The van der Waals surface area contributed by atoms with Crippen molar-refractivity contribution in [3.63, 3.8) is 0 Å². The minimum absolute atomic E-state index is 0.230. The number of carbonyl (C=O) groups is 2. The first-order chi connectivity index (χ1) is 13.3. The number of hydrogen-bond donors (Lipinski definition) is 0. The maximum Gasteiger partial charge on any atom is 0.374 e. The summed E-state index contributed by atoms with van der Waals surface area (Å²) in [5.41, 5.74) is 3.06.